The fraction of sp³-hybridized carbons (Fsp3) is 0.619. The lowest BCUT2D eigenvalue weighted by atomic mass is 10.0. The molecule has 0 unspecified atom stereocenters. The van der Waals surface area contributed by atoms with E-state index in [1.807, 2.05) is 24.3 Å². The van der Waals surface area contributed by atoms with Crippen LogP contribution in [0, 0.1) is 0 Å². The van der Waals surface area contributed by atoms with E-state index in [1.54, 1.807) is 11.8 Å². The van der Waals surface area contributed by atoms with E-state index in [4.69, 9.17) is 4.74 Å². The van der Waals surface area contributed by atoms with E-state index in [9.17, 15) is 9.59 Å². The molecule has 0 bridgehead atoms. The number of rotatable bonds is 8. The standard InChI is InChI=1S/C21H33N3O3/c1-4-7-14-23(5-2)19-10-8-17(9-11-19)20(25)22-18-12-15-24(16-13-18)21(26)27-6-3/h8-11,18H,4-7,12-16H2,1-3H3,(H,22,25). The van der Waals surface area contributed by atoms with Gasteiger partial charge in [0, 0.05) is 43.5 Å². The molecule has 27 heavy (non-hydrogen) atoms. The zero-order chi connectivity index (χ0) is 19.6. The van der Waals surface area contributed by atoms with E-state index in [1.165, 1.54) is 12.8 Å². The Labute approximate surface area is 162 Å². The number of nitrogens with zero attached hydrogens (tertiary/aromatic N) is 2. The lowest BCUT2D eigenvalue weighted by Gasteiger charge is -2.31. The van der Waals surface area contributed by atoms with Gasteiger partial charge in [0.15, 0.2) is 0 Å². The van der Waals surface area contributed by atoms with Crippen molar-refractivity contribution in [1.82, 2.24) is 10.2 Å². The summed E-state index contributed by atoms with van der Waals surface area (Å²) in [6.07, 6.45) is 3.58. The van der Waals surface area contributed by atoms with E-state index in [2.05, 4.69) is 24.1 Å². The average Bonchev–Trinajstić information content (AvgIpc) is 2.69. The molecule has 1 saturated heterocycles. The third kappa shape index (κ3) is 6.15. The van der Waals surface area contributed by atoms with Crippen molar-refractivity contribution in [2.75, 3.05) is 37.7 Å². The quantitative estimate of drug-likeness (QED) is 0.753. The molecule has 1 heterocycles. The Bertz CT molecular complexity index is 595. The summed E-state index contributed by atoms with van der Waals surface area (Å²) < 4.78 is 5.03. The lowest BCUT2D eigenvalue weighted by Crippen LogP contribution is -2.46. The van der Waals surface area contributed by atoms with Gasteiger partial charge in [0.25, 0.3) is 5.91 Å². The minimum atomic E-state index is -0.263. The zero-order valence-corrected chi connectivity index (χ0v) is 16.9. The van der Waals surface area contributed by atoms with Gasteiger partial charge in [-0.05, 0) is 57.4 Å². The highest BCUT2D eigenvalue weighted by atomic mass is 16.6. The van der Waals surface area contributed by atoms with E-state index in [0.29, 0.717) is 25.3 Å². The SMILES string of the molecule is CCCCN(CC)c1ccc(C(=O)NC2CCN(C(=O)OCC)CC2)cc1. The summed E-state index contributed by atoms with van der Waals surface area (Å²) in [6.45, 7) is 9.77. The molecule has 2 amide bonds. The van der Waals surface area contributed by atoms with Crippen molar-refractivity contribution < 1.29 is 14.3 Å². The molecule has 1 aliphatic heterocycles. The molecule has 0 radical (unpaired) electrons. The van der Waals surface area contributed by atoms with Gasteiger partial charge in [0.1, 0.15) is 0 Å². The van der Waals surface area contributed by atoms with Crippen molar-refractivity contribution in [3.63, 3.8) is 0 Å². The normalized spacial score (nSPS) is 14.7. The lowest BCUT2D eigenvalue weighted by molar-refractivity contribution is 0.0860. The Hall–Kier alpha value is -2.24. The molecule has 1 aliphatic rings. The average molecular weight is 376 g/mol. The molecule has 150 valence electrons. The predicted octanol–water partition coefficient (Wildman–Crippen LogP) is 3.66. The molecule has 0 saturated carbocycles. The van der Waals surface area contributed by atoms with Gasteiger partial charge < -0.3 is 19.9 Å². The van der Waals surface area contributed by atoms with Crippen molar-refractivity contribution in [3.8, 4) is 0 Å². The number of piperidine rings is 1. The number of carbonyl (C=O) groups excluding carboxylic acids is 2. The molecule has 0 spiro atoms. The summed E-state index contributed by atoms with van der Waals surface area (Å²) in [7, 11) is 0. The molecular formula is C21H33N3O3. The van der Waals surface area contributed by atoms with Gasteiger partial charge in [-0.3, -0.25) is 4.79 Å². The van der Waals surface area contributed by atoms with Crippen LogP contribution < -0.4 is 10.2 Å². The zero-order valence-electron chi connectivity index (χ0n) is 16.9. The summed E-state index contributed by atoms with van der Waals surface area (Å²) in [4.78, 5) is 28.3. The molecule has 2 rings (SSSR count). The first-order valence-electron chi connectivity index (χ1n) is 10.2. The number of hydrogen-bond acceptors (Lipinski definition) is 4. The molecule has 1 N–H and O–H groups in total. The molecular weight excluding hydrogens is 342 g/mol. The van der Waals surface area contributed by atoms with Crippen LogP contribution in [0.5, 0.6) is 0 Å². The second-order valence-electron chi connectivity index (χ2n) is 6.91. The first-order valence-corrected chi connectivity index (χ1v) is 10.2. The number of benzene rings is 1. The van der Waals surface area contributed by atoms with Crippen molar-refractivity contribution in [2.45, 2.75) is 52.5 Å². The molecule has 0 aromatic heterocycles. The number of carbonyl (C=O) groups is 2. The maximum absolute atomic E-state index is 12.5. The van der Waals surface area contributed by atoms with Gasteiger partial charge in [-0.2, -0.15) is 0 Å². The number of unbranched alkanes of at least 4 members (excludes halogenated alkanes) is 1. The van der Waals surface area contributed by atoms with Crippen molar-refractivity contribution >= 4 is 17.7 Å². The Morgan fingerprint density at radius 2 is 1.81 bits per heavy atom. The summed E-state index contributed by atoms with van der Waals surface area (Å²) in [5, 5.41) is 3.09. The predicted molar refractivity (Wildman–Crippen MR) is 108 cm³/mol. The number of likely N-dealkylation sites (tertiary alicyclic amines) is 1. The van der Waals surface area contributed by atoms with E-state index in [0.717, 1.165) is 31.6 Å². The Morgan fingerprint density at radius 1 is 1.15 bits per heavy atom. The Kier molecular flexibility index (Phi) is 8.43. The molecule has 6 heteroatoms. The first kappa shape index (κ1) is 21.1. The van der Waals surface area contributed by atoms with Crippen LogP contribution in [0.1, 0.15) is 56.8 Å². The maximum atomic E-state index is 12.5. The molecule has 0 aliphatic carbocycles. The van der Waals surface area contributed by atoms with E-state index in [-0.39, 0.29) is 18.0 Å². The Balaban J connectivity index is 1.85. The van der Waals surface area contributed by atoms with Crippen LogP contribution in [0.25, 0.3) is 0 Å². The second kappa shape index (κ2) is 10.8. The van der Waals surface area contributed by atoms with Crippen LogP contribution in [0.15, 0.2) is 24.3 Å². The minimum Gasteiger partial charge on any atom is -0.450 e. The first-order chi connectivity index (χ1) is 13.1. The number of anilines is 1. The highest BCUT2D eigenvalue weighted by Crippen LogP contribution is 2.17. The number of ether oxygens (including phenoxy) is 1. The monoisotopic (exact) mass is 375 g/mol. The molecule has 1 aromatic carbocycles. The summed E-state index contributed by atoms with van der Waals surface area (Å²) in [5.41, 5.74) is 1.84. The summed E-state index contributed by atoms with van der Waals surface area (Å²) >= 11 is 0. The van der Waals surface area contributed by atoms with Gasteiger partial charge in [-0.1, -0.05) is 13.3 Å². The summed E-state index contributed by atoms with van der Waals surface area (Å²) in [6, 6.07) is 7.94. The van der Waals surface area contributed by atoms with Gasteiger partial charge in [-0.15, -0.1) is 0 Å². The topological polar surface area (TPSA) is 61.9 Å². The van der Waals surface area contributed by atoms with E-state index >= 15 is 0 Å². The number of nitrogens with one attached hydrogen (secondary N) is 1. The molecule has 6 nitrogen and oxygen atoms in total. The third-order valence-electron chi connectivity index (χ3n) is 5.01. The highest BCUT2D eigenvalue weighted by molar-refractivity contribution is 5.94. The fourth-order valence-corrected chi connectivity index (χ4v) is 3.33. The van der Waals surface area contributed by atoms with E-state index < -0.39 is 0 Å². The minimum absolute atomic E-state index is 0.0484. The third-order valence-corrected chi connectivity index (χ3v) is 5.01. The van der Waals surface area contributed by atoms with Gasteiger partial charge in [0.05, 0.1) is 6.61 Å². The van der Waals surface area contributed by atoms with Crippen molar-refractivity contribution in [1.29, 1.82) is 0 Å². The van der Waals surface area contributed by atoms with Crippen LogP contribution in [0.2, 0.25) is 0 Å². The maximum Gasteiger partial charge on any atom is 0.409 e. The van der Waals surface area contributed by atoms with Crippen LogP contribution in [-0.2, 0) is 4.74 Å². The van der Waals surface area contributed by atoms with Crippen LogP contribution >= 0.6 is 0 Å². The molecule has 1 fully saturated rings. The van der Waals surface area contributed by atoms with Crippen molar-refractivity contribution in [3.05, 3.63) is 29.8 Å². The highest BCUT2D eigenvalue weighted by Gasteiger charge is 2.24. The second-order valence-corrected chi connectivity index (χ2v) is 6.91. The van der Waals surface area contributed by atoms with Gasteiger partial charge >= 0.3 is 6.09 Å². The van der Waals surface area contributed by atoms with Crippen LogP contribution in [0.3, 0.4) is 0 Å². The fourth-order valence-electron chi connectivity index (χ4n) is 3.33. The van der Waals surface area contributed by atoms with Gasteiger partial charge in [-0.25, -0.2) is 4.79 Å². The number of amides is 2. The number of hydrogen-bond donors (Lipinski definition) is 1. The Morgan fingerprint density at radius 3 is 2.37 bits per heavy atom. The van der Waals surface area contributed by atoms with Crippen molar-refractivity contribution in [2.24, 2.45) is 0 Å². The summed E-state index contributed by atoms with van der Waals surface area (Å²) in [5.74, 6) is -0.0484. The van der Waals surface area contributed by atoms with Gasteiger partial charge in [0.2, 0.25) is 0 Å². The molecule has 1 aromatic rings. The van der Waals surface area contributed by atoms with Crippen LogP contribution in [0.4, 0.5) is 10.5 Å². The van der Waals surface area contributed by atoms with Crippen LogP contribution in [-0.4, -0.2) is 55.7 Å². The molecule has 0 atom stereocenters. The largest absolute Gasteiger partial charge is 0.450 e. The smallest absolute Gasteiger partial charge is 0.409 e.